The molecule has 3 fully saturated rings. The molecule has 0 aromatic heterocycles. The molecule has 0 aromatic carbocycles. The summed E-state index contributed by atoms with van der Waals surface area (Å²) in [6, 6.07) is 0. The third-order valence-corrected chi connectivity index (χ3v) is 7.36. The van der Waals surface area contributed by atoms with Gasteiger partial charge in [0.15, 0.2) is 11.4 Å². The molecule has 5 nitrogen and oxygen atoms in total. The molecule has 0 spiro atoms. The number of Topliss-reactive ketones (excluding diaryl/α,β-unsaturated/α-hetero) is 1. The molecule has 2 saturated carbocycles. The number of carbonyl (C=O) groups excluding carboxylic acids is 1. The Morgan fingerprint density at radius 3 is 2.40 bits per heavy atom. The van der Waals surface area contributed by atoms with Crippen LogP contribution in [0.2, 0.25) is 0 Å². The van der Waals surface area contributed by atoms with E-state index in [2.05, 4.69) is 6.58 Å². The first-order valence-electron chi connectivity index (χ1n) is 9.09. The normalized spacial score (nSPS) is 55.2. The highest BCUT2D eigenvalue weighted by molar-refractivity contribution is 5.92. The van der Waals surface area contributed by atoms with Crippen molar-refractivity contribution in [2.24, 2.45) is 16.7 Å². The molecule has 0 unspecified atom stereocenters. The summed E-state index contributed by atoms with van der Waals surface area (Å²) in [5, 5.41) is 33.7. The summed E-state index contributed by atoms with van der Waals surface area (Å²) in [5.41, 5.74) is -5.79. The quantitative estimate of drug-likeness (QED) is 0.627. The van der Waals surface area contributed by atoms with E-state index in [9.17, 15) is 20.1 Å². The van der Waals surface area contributed by atoms with Crippen molar-refractivity contribution in [2.75, 3.05) is 0 Å². The maximum atomic E-state index is 13.3. The lowest BCUT2D eigenvalue weighted by molar-refractivity contribution is -0.322. The Kier molecular flexibility index (Phi) is 3.92. The predicted octanol–water partition coefficient (Wildman–Crippen LogP) is 1.79. The van der Waals surface area contributed by atoms with Crippen LogP contribution in [0.5, 0.6) is 0 Å². The van der Waals surface area contributed by atoms with E-state index < -0.39 is 40.3 Å². The molecule has 141 valence electrons. The zero-order valence-corrected chi connectivity index (χ0v) is 15.9. The number of aliphatic hydroxyl groups is 3. The Balaban J connectivity index is 2.23. The fourth-order valence-corrected chi connectivity index (χ4v) is 6.11. The minimum Gasteiger partial charge on any atom is -0.392 e. The molecule has 3 N–H and O–H groups in total. The lowest BCUT2D eigenvalue weighted by atomic mass is 9.40. The van der Waals surface area contributed by atoms with Crippen LogP contribution in [0.25, 0.3) is 0 Å². The Labute approximate surface area is 150 Å². The monoisotopic (exact) mass is 351 g/mol. The van der Waals surface area contributed by atoms with Crippen LogP contribution in [-0.2, 0) is 9.53 Å². The largest absolute Gasteiger partial charge is 0.392 e. The van der Waals surface area contributed by atoms with Gasteiger partial charge in [0.2, 0.25) is 0 Å². The molecular weight excluding hydrogens is 320 g/mol. The summed E-state index contributed by atoms with van der Waals surface area (Å²) in [5.74, 6) is -0.821. The highest BCUT2D eigenvalue weighted by Crippen LogP contribution is 2.66. The summed E-state index contributed by atoms with van der Waals surface area (Å²) in [6.07, 6.45) is 2.48. The van der Waals surface area contributed by atoms with Crippen LogP contribution in [0.3, 0.4) is 0 Å². The Hall–Kier alpha value is -0.750. The highest BCUT2D eigenvalue weighted by Gasteiger charge is 2.77. The number of aliphatic hydroxyl groups excluding tert-OH is 2. The van der Waals surface area contributed by atoms with Gasteiger partial charge in [-0.05, 0) is 32.1 Å². The van der Waals surface area contributed by atoms with Gasteiger partial charge in [-0.15, -0.1) is 6.58 Å². The number of rotatable bonds is 1. The summed E-state index contributed by atoms with van der Waals surface area (Å²) in [7, 11) is 0. The second-order valence-corrected chi connectivity index (χ2v) is 9.50. The van der Waals surface area contributed by atoms with E-state index in [0.717, 1.165) is 0 Å². The van der Waals surface area contributed by atoms with E-state index in [0.29, 0.717) is 12.8 Å². The second kappa shape index (κ2) is 5.16. The molecule has 5 heteroatoms. The fourth-order valence-electron chi connectivity index (χ4n) is 6.11. The highest BCUT2D eigenvalue weighted by atomic mass is 16.5. The van der Waals surface area contributed by atoms with E-state index in [4.69, 9.17) is 4.74 Å². The third kappa shape index (κ3) is 2.13. The van der Waals surface area contributed by atoms with Crippen molar-refractivity contribution < 1.29 is 24.9 Å². The molecular formula is C20H31O5. The van der Waals surface area contributed by atoms with Crippen LogP contribution in [0.15, 0.2) is 12.7 Å². The molecule has 1 saturated heterocycles. The van der Waals surface area contributed by atoms with E-state index in [-0.39, 0.29) is 17.6 Å². The number of fused-ring (bicyclic) bond motifs is 3. The van der Waals surface area contributed by atoms with E-state index in [1.54, 1.807) is 33.3 Å². The van der Waals surface area contributed by atoms with Gasteiger partial charge in [0.25, 0.3) is 0 Å². The van der Waals surface area contributed by atoms with Gasteiger partial charge in [-0.1, -0.05) is 26.8 Å². The molecule has 0 bridgehead atoms. The molecule has 3 aliphatic rings. The van der Waals surface area contributed by atoms with Gasteiger partial charge in [-0.3, -0.25) is 4.79 Å². The molecule has 3 rings (SSSR count). The molecule has 1 aliphatic heterocycles. The van der Waals surface area contributed by atoms with Crippen LogP contribution >= 0.6 is 0 Å². The standard InChI is InChI=1S/C20H31O5/c1-7-17(4)11-14(23)20(24)18(5,25-17)10-12(21)15-16(2,3)9-8-13(22)19(15,20)6/h7,10,12-13,15,21-22,24H,1,8-9,11H2,2-6H3/t12-,13-,15-,17-,18+,19-,20+/m0/s1. The molecule has 2 aliphatic carbocycles. The van der Waals surface area contributed by atoms with Gasteiger partial charge in [-0.25, -0.2) is 0 Å². The van der Waals surface area contributed by atoms with Crippen molar-refractivity contribution in [3.05, 3.63) is 19.1 Å². The van der Waals surface area contributed by atoms with Crippen molar-refractivity contribution in [2.45, 2.75) is 82.9 Å². The number of ketones is 1. The van der Waals surface area contributed by atoms with Crippen LogP contribution in [0.1, 0.15) is 53.9 Å². The fraction of sp³-hybridized carbons (Fsp3) is 0.800. The second-order valence-electron chi connectivity index (χ2n) is 9.50. The van der Waals surface area contributed by atoms with Crippen LogP contribution < -0.4 is 0 Å². The first kappa shape index (κ1) is 19.0. The van der Waals surface area contributed by atoms with E-state index in [1.165, 1.54) is 0 Å². The minimum atomic E-state index is -1.91. The smallest absolute Gasteiger partial charge is 0.171 e. The topological polar surface area (TPSA) is 87.0 Å². The van der Waals surface area contributed by atoms with Crippen LogP contribution in [0, 0.1) is 23.2 Å². The molecule has 1 heterocycles. The Morgan fingerprint density at radius 2 is 1.84 bits per heavy atom. The number of hydrogen-bond acceptors (Lipinski definition) is 5. The lowest BCUT2D eigenvalue weighted by Crippen LogP contribution is -2.82. The summed E-state index contributed by atoms with van der Waals surface area (Å²) < 4.78 is 6.17. The van der Waals surface area contributed by atoms with Crippen molar-refractivity contribution in [1.29, 1.82) is 0 Å². The zero-order chi connectivity index (χ0) is 19.1. The van der Waals surface area contributed by atoms with Gasteiger partial charge in [-0.2, -0.15) is 0 Å². The maximum Gasteiger partial charge on any atom is 0.171 e. The average Bonchev–Trinajstić information content (AvgIpc) is 2.47. The van der Waals surface area contributed by atoms with Crippen LogP contribution in [-0.4, -0.2) is 50.1 Å². The first-order chi connectivity index (χ1) is 11.3. The van der Waals surface area contributed by atoms with Gasteiger partial charge >= 0.3 is 0 Å². The Bertz CT molecular complexity index is 615. The lowest BCUT2D eigenvalue weighted by Gasteiger charge is -2.69. The molecule has 0 aromatic rings. The molecule has 0 amide bonds. The third-order valence-electron chi connectivity index (χ3n) is 7.36. The summed E-state index contributed by atoms with van der Waals surface area (Å²) in [6.45, 7) is 12.9. The van der Waals surface area contributed by atoms with Crippen molar-refractivity contribution in [3.63, 3.8) is 0 Å². The summed E-state index contributed by atoms with van der Waals surface area (Å²) in [4.78, 5) is 13.3. The minimum absolute atomic E-state index is 0.0119. The van der Waals surface area contributed by atoms with Crippen molar-refractivity contribution in [3.8, 4) is 0 Å². The van der Waals surface area contributed by atoms with Gasteiger partial charge in [0.05, 0.1) is 17.8 Å². The number of hydrogen-bond donors (Lipinski definition) is 3. The van der Waals surface area contributed by atoms with E-state index >= 15 is 0 Å². The first-order valence-corrected chi connectivity index (χ1v) is 9.09. The molecule has 7 atom stereocenters. The predicted molar refractivity (Wildman–Crippen MR) is 93.6 cm³/mol. The number of ether oxygens (including phenoxy) is 1. The SMILES string of the molecule is C=C[C@@]1(C)CC(=O)[C@]2(O)[C@@]3(C)[C@@H](O)CCC(C)(C)[C@@H]3[C@@H](O)[CH][C@@]2(C)O1. The van der Waals surface area contributed by atoms with Gasteiger partial charge in [0.1, 0.15) is 5.60 Å². The molecule has 1 radical (unpaired) electrons. The van der Waals surface area contributed by atoms with Crippen molar-refractivity contribution >= 4 is 5.78 Å². The van der Waals surface area contributed by atoms with Gasteiger partial charge in [0, 0.05) is 24.2 Å². The van der Waals surface area contributed by atoms with E-state index in [1.807, 2.05) is 13.8 Å². The van der Waals surface area contributed by atoms with Gasteiger partial charge < -0.3 is 20.1 Å². The Morgan fingerprint density at radius 1 is 1.24 bits per heavy atom. The molecule has 25 heavy (non-hydrogen) atoms. The maximum absolute atomic E-state index is 13.3. The zero-order valence-electron chi connectivity index (χ0n) is 15.9. The average molecular weight is 351 g/mol. The number of carbonyl (C=O) groups is 1. The summed E-state index contributed by atoms with van der Waals surface area (Å²) >= 11 is 0. The van der Waals surface area contributed by atoms with Crippen LogP contribution in [0.4, 0.5) is 0 Å². The van der Waals surface area contributed by atoms with Crippen molar-refractivity contribution in [1.82, 2.24) is 0 Å².